The van der Waals surface area contributed by atoms with Crippen molar-refractivity contribution in [2.75, 3.05) is 0 Å². The Labute approximate surface area is 207 Å². The van der Waals surface area contributed by atoms with E-state index in [1.807, 2.05) is 6.92 Å². The molecule has 8 heteroatoms. The molecule has 0 spiro atoms. The Balaban J connectivity index is 1.71. The molecule has 0 heterocycles. The van der Waals surface area contributed by atoms with E-state index in [9.17, 15) is 40.5 Å². The van der Waals surface area contributed by atoms with Crippen LogP contribution in [0.1, 0.15) is 79.6 Å². The van der Waals surface area contributed by atoms with Crippen molar-refractivity contribution in [3.63, 3.8) is 0 Å². The number of aliphatic hydroxyl groups is 7. The molecular formula is C27H44O8. The Kier molecular flexibility index (Phi) is 6.46. The van der Waals surface area contributed by atoms with Crippen molar-refractivity contribution in [1.82, 2.24) is 0 Å². The van der Waals surface area contributed by atoms with Crippen LogP contribution in [0.5, 0.6) is 0 Å². The molecule has 7 N–H and O–H groups in total. The number of aliphatic hydroxyl groups excluding tert-OH is 4. The van der Waals surface area contributed by atoms with Gasteiger partial charge in [0.1, 0.15) is 0 Å². The highest BCUT2D eigenvalue weighted by atomic mass is 16.3. The van der Waals surface area contributed by atoms with Crippen molar-refractivity contribution < 1.29 is 40.5 Å². The van der Waals surface area contributed by atoms with Crippen LogP contribution in [0.3, 0.4) is 0 Å². The van der Waals surface area contributed by atoms with Gasteiger partial charge in [-0.15, -0.1) is 0 Å². The summed E-state index contributed by atoms with van der Waals surface area (Å²) in [6.45, 7) is 8.44. The fourth-order valence-electron chi connectivity index (χ4n) is 8.29. The highest BCUT2D eigenvalue weighted by Crippen LogP contribution is 2.68. The van der Waals surface area contributed by atoms with E-state index in [0.717, 1.165) is 0 Å². The number of rotatable bonds is 5. The summed E-state index contributed by atoms with van der Waals surface area (Å²) in [4.78, 5) is 13.3. The molecule has 0 amide bonds. The minimum absolute atomic E-state index is 0.146. The molecule has 0 unspecified atom stereocenters. The first kappa shape index (κ1) is 27.2. The van der Waals surface area contributed by atoms with Crippen LogP contribution < -0.4 is 0 Å². The molecule has 8 nitrogen and oxygen atoms in total. The Hall–Kier alpha value is -0.870. The van der Waals surface area contributed by atoms with Gasteiger partial charge in [-0.05, 0) is 88.7 Å². The van der Waals surface area contributed by atoms with Gasteiger partial charge in [0.15, 0.2) is 5.78 Å². The standard InChI is InChI=1S/C27H44O8/c1-23(2,33)8-7-21(31)26(5,34)20-6-9-27(35)15-10-17(28)16-11-18(29)19(30)13-24(16,3)14(15)12-22(32)25(20,27)4/h10,14,16,18-22,29-35H,6-9,11-13H2,1-5H3/t14-,16-,18+,19-,20-,21+,22-,24+,25-,26+,27+/m0/s1. The van der Waals surface area contributed by atoms with E-state index in [1.54, 1.807) is 20.8 Å². The van der Waals surface area contributed by atoms with Crippen molar-refractivity contribution >= 4 is 5.78 Å². The lowest BCUT2D eigenvalue weighted by Gasteiger charge is -2.62. The minimum atomic E-state index is -1.64. The van der Waals surface area contributed by atoms with Crippen molar-refractivity contribution in [3.8, 4) is 0 Å². The predicted molar refractivity (Wildman–Crippen MR) is 128 cm³/mol. The lowest BCUT2D eigenvalue weighted by molar-refractivity contribution is -0.211. The van der Waals surface area contributed by atoms with Gasteiger partial charge in [0, 0.05) is 17.3 Å². The normalized spacial score (nSPS) is 48.3. The number of hydrogen-bond acceptors (Lipinski definition) is 8. The van der Waals surface area contributed by atoms with Crippen molar-refractivity contribution in [2.45, 2.75) is 121 Å². The molecule has 3 fully saturated rings. The zero-order valence-corrected chi connectivity index (χ0v) is 21.6. The van der Waals surface area contributed by atoms with Crippen LogP contribution >= 0.6 is 0 Å². The zero-order valence-electron chi connectivity index (χ0n) is 21.6. The molecule has 3 saturated carbocycles. The third-order valence-corrected chi connectivity index (χ3v) is 10.6. The summed E-state index contributed by atoms with van der Waals surface area (Å²) in [5, 5.41) is 77.1. The highest BCUT2D eigenvalue weighted by Gasteiger charge is 2.72. The monoisotopic (exact) mass is 496 g/mol. The summed E-state index contributed by atoms with van der Waals surface area (Å²) in [6, 6.07) is 0. The van der Waals surface area contributed by atoms with E-state index in [4.69, 9.17) is 0 Å². The molecule has 0 saturated heterocycles. The molecule has 200 valence electrons. The molecule has 35 heavy (non-hydrogen) atoms. The van der Waals surface area contributed by atoms with Gasteiger partial charge in [-0.1, -0.05) is 13.8 Å². The third kappa shape index (κ3) is 3.87. The fourth-order valence-corrected chi connectivity index (χ4v) is 8.29. The maximum atomic E-state index is 13.3. The van der Waals surface area contributed by atoms with Crippen LogP contribution in [0.4, 0.5) is 0 Å². The van der Waals surface area contributed by atoms with Crippen LogP contribution in [-0.4, -0.2) is 82.7 Å². The first-order valence-corrected chi connectivity index (χ1v) is 13.0. The molecule has 0 radical (unpaired) electrons. The summed E-state index contributed by atoms with van der Waals surface area (Å²) >= 11 is 0. The molecule has 0 aliphatic heterocycles. The average Bonchev–Trinajstić information content (AvgIpc) is 3.03. The first-order chi connectivity index (χ1) is 15.9. The minimum Gasteiger partial charge on any atom is -0.392 e. The predicted octanol–water partition coefficient (Wildman–Crippen LogP) is 0.825. The second-order valence-electron chi connectivity index (χ2n) is 13.3. The van der Waals surface area contributed by atoms with E-state index in [2.05, 4.69) is 0 Å². The molecule has 0 aromatic rings. The number of ketones is 1. The van der Waals surface area contributed by atoms with E-state index in [0.29, 0.717) is 12.0 Å². The average molecular weight is 497 g/mol. The van der Waals surface area contributed by atoms with Crippen LogP contribution in [-0.2, 0) is 4.79 Å². The maximum Gasteiger partial charge on any atom is 0.159 e. The number of carbonyl (C=O) groups excluding carboxylic acids is 1. The largest absolute Gasteiger partial charge is 0.392 e. The SMILES string of the molecule is CC(C)(O)CC[C@@H](O)[C@](C)(O)[C@H]1CC[C@@]2(O)C3=CC(=O)[C@@H]4C[C@@H](O)[C@@H](O)C[C@]4(C)[C@H]3C[C@H](O)[C@]12C. The highest BCUT2D eigenvalue weighted by molar-refractivity contribution is 5.95. The smallest absolute Gasteiger partial charge is 0.159 e. The molecule has 0 aromatic carbocycles. The Bertz CT molecular complexity index is 892. The fraction of sp³-hybridized carbons (Fsp3) is 0.889. The molecular weight excluding hydrogens is 452 g/mol. The summed E-state index contributed by atoms with van der Waals surface area (Å²) < 4.78 is 0. The van der Waals surface area contributed by atoms with Crippen LogP contribution in [0.15, 0.2) is 11.6 Å². The molecule has 4 rings (SSSR count). The molecule has 4 aliphatic rings. The first-order valence-electron chi connectivity index (χ1n) is 13.0. The number of hydrogen-bond donors (Lipinski definition) is 7. The van der Waals surface area contributed by atoms with Crippen molar-refractivity contribution in [3.05, 3.63) is 11.6 Å². The van der Waals surface area contributed by atoms with E-state index < -0.39 is 63.9 Å². The van der Waals surface area contributed by atoms with Crippen LogP contribution in [0.25, 0.3) is 0 Å². The van der Waals surface area contributed by atoms with Gasteiger partial charge in [0.25, 0.3) is 0 Å². The van der Waals surface area contributed by atoms with Gasteiger partial charge >= 0.3 is 0 Å². The Morgan fingerprint density at radius 2 is 1.69 bits per heavy atom. The van der Waals surface area contributed by atoms with E-state index >= 15 is 0 Å². The van der Waals surface area contributed by atoms with Gasteiger partial charge in [0.05, 0.1) is 41.2 Å². The topological polar surface area (TPSA) is 159 Å². The molecule has 11 atom stereocenters. The molecule has 4 aliphatic carbocycles. The van der Waals surface area contributed by atoms with Crippen molar-refractivity contribution in [1.29, 1.82) is 0 Å². The maximum absolute atomic E-state index is 13.3. The Morgan fingerprint density at radius 3 is 2.29 bits per heavy atom. The number of carbonyl (C=O) groups is 1. The number of fused-ring (bicyclic) bond motifs is 5. The van der Waals surface area contributed by atoms with Gasteiger partial charge in [-0.25, -0.2) is 0 Å². The molecule has 0 bridgehead atoms. The van der Waals surface area contributed by atoms with Gasteiger partial charge in [0.2, 0.25) is 0 Å². The second-order valence-corrected chi connectivity index (χ2v) is 13.3. The van der Waals surface area contributed by atoms with E-state index in [-0.39, 0.29) is 50.2 Å². The number of allylic oxidation sites excluding steroid dienone is 1. The van der Waals surface area contributed by atoms with Gasteiger partial charge in [-0.2, -0.15) is 0 Å². The lowest BCUT2D eigenvalue weighted by Crippen LogP contribution is -2.67. The summed E-state index contributed by atoms with van der Waals surface area (Å²) in [7, 11) is 0. The van der Waals surface area contributed by atoms with Crippen LogP contribution in [0, 0.1) is 28.6 Å². The zero-order chi connectivity index (χ0) is 26.4. The van der Waals surface area contributed by atoms with Crippen molar-refractivity contribution in [2.24, 2.45) is 28.6 Å². The second kappa shape index (κ2) is 8.32. The Morgan fingerprint density at radius 1 is 1.06 bits per heavy atom. The lowest BCUT2D eigenvalue weighted by atomic mass is 9.45. The van der Waals surface area contributed by atoms with E-state index in [1.165, 1.54) is 13.0 Å². The third-order valence-electron chi connectivity index (χ3n) is 10.6. The summed E-state index contributed by atoms with van der Waals surface area (Å²) in [5.41, 5.74) is -5.61. The van der Waals surface area contributed by atoms with Gasteiger partial charge < -0.3 is 35.7 Å². The molecule has 0 aromatic heterocycles. The summed E-state index contributed by atoms with van der Waals surface area (Å²) in [6.07, 6.45) is -1.08. The van der Waals surface area contributed by atoms with Crippen LogP contribution in [0.2, 0.25) is 0 Å². The summed E-state index contributed by atoms with van der Waals surface area (Å²) in [5.74, 6) is -1.70. The quantitative estimate of drug-likeness (QED) is 0.295. The van der Waals surface area contributed by atoms with Gasteiger partial charge in [-0.3, -0.25) is 4.79 Å².